The first-order chi connectivity index (χ1) is 15.6. The highest BCUT2D eigenvalue weighted by molar-refractivity contribution is 5.96. The predicted octanol–water partition coefficient (Wildman–Crippen LogP) is 5.15. The maximum Gasteiger partial charge on any atom is 0.248 e. The molecule has 0 aliphatic carbocycles. The normalized spacial score (nSPS) is 10.5. The Morgan fingerprint density at radius 3 is 2.28 bits per heavy atom. The van der Waals surface area contributed by atoms with Crippen LogP contribution in [0.25, 0.3) is 0 Å². The van der Waals surface area contributed by atoms with Crippen LogP contribution in [0.5, 0.6) is 5.75 Å². The second kappa shape index (κ2) is 12.3. The lowest BCUT2D eigenvalue weighted by molar-refractivity contribution is -0.116. The molecule has 32 heavy (non-hydrogen) atoms. The van der Waals surface area contributed by atoms with Crippen LogP contribution in [0.1, 0.15) is 47.2 Å². The maximum absolute atomic E-state index is 12.2. The molecule has 0 aromatic heterocycles. The third kappa shape index (κ3) is 7.91. The van der Waals surface area contributed by atoms with Gasteiger partial charge >= 0.3 is 0 Å². The number of unbranched alkanes of at least 4 members (excludes halogenated alkanes) is 2. The summed E-state index contributed by atoms with van der Waals surface area (Å²) in [6.07, 6.45) is 5.43. The SMILES string of the molecule is NC(=O)c1cccc(NC(=O)CCc2ccc(OCCCCCc3ccccc3)cc2)c1. The molecule has 0 aliphatic heterocycles. The van der Waals surface area contributed by atoms with Crippen molar-refractivity contribution in [1.82, 2.24) is 0 Å². The number of ether oxygens (including phenoxy) is 1. The molecular weight excluding hydrogens is 400 g/mol. The highest BCUT2D eigenvalue weighted by Crippen LogP contribution is 2.16. The number of rotatable bonds is 12. The highest BCUT2D eigenvalue weighted by Gasteiger charge is 2.06. The molecule has 0 saturated carbocycles. The lowest BCUT2D eigenvalue weighted by Crippen LogP contribution is -2.14. The number of primary amides is 1. The summed E-state index contributed by atoms with van der Waals surface area (Å²) < 4.78 is 5.83. The van der Waals surface area contributed by atoms with Crippen molar-refractivity contribution < 1.29 is 14.3 Å². The van der Waals surface area contributed by atoms with Gasteiger partial charge in [-0.3, -0.25) is 9.59 Å². The number of hydrogen-bond acceptors (Lipinski definition) is 3. The Morgan fingerprint density at radius 2 is 1.53 bits per heavy atom. The van der Waals surface area contributed by atoms with E-state index >= 15 is 0 Å². The molecular formula is C27H30N2O3. The Labute approximate surface area is 189 Å². The van der Waals surface area contributed by atoms with Crippen molar-refractivity contribution in [2.24, 2.45) is 5.73 Å². The summed E-state index contributed by atoms with van der Waals surface area (Å²) >= 11 is 0. The minimum Gasteiger partial charge on any atom is -0.494 e. The van der Waals surface area contributed by atoms with Crippen molar-refractivity contribution in [2.75, 3.05) is 11.9 Å². The minimum atomic E-state index is -0.518. The standard InChI is InChI=1S/C27H30N2O3/c28-27(31)23-11-7-12-24(20-23)29-26(30)18-15-22-13-16-25(17-14-22)32-19-6-2-5-10-21-8-3-1-4-9-21/h1,3-4,7-9,11-14,16-17,20H,2,5-6,10,15,18-19H2,(H2,28,31)(H,29,30). The van der Waals surface area contributed by atoms with Crippen molar-refractivity contribution in [3.05, 3.63) is 95.6 Å². The predicted molar refractivity (Wildman–Crippen MR) is 128 cm³/mol. The van der Waals surface area contributed by atoms with E-state index in [1.54, 1.807) is 24.3 Å². The van der Waals surface area contributed by atoms with E-state index < -0.39 is 5.91 Å². The van der Waals surface area contributed by atoms with Gasteiger partial charge in [0.15, 0.2) is 0 Å². The van der Waals surface area contributed by atoms with Crippen molar-refractivity contribution in [1.29, 1.82) is 0 Å². The van der Waals surface area contributed by atoms with E-state index in [9.17, 15) is 9.59 Å². The molecule has 5 nitrogen and oxygen atoms in total. The molecule has 5 heteroatoms. The van der Waals surface area contributed by atoms with Gasteiger partial charge in [0.1, 0.15) is 5.75 Å². The molecule has 0 heterocycles. The molecule has 3 aromatic rings. The zero-order valence-electron chi connectivity index (χ0n) is 18.3. The van der Waals surface area contributed by atoms with Crippen molar-refractivity contribution in [3.63, 3.8) is 0 Å². The number of nitrogens with one attached hydrogen (secondary N) is 1. The summed E-state index contributed by atoms with van der Waals surface area (Å²) in [7, 11) is 0. The molecule has 0 saturated heterocycles. The molecule has 3 rings (SSSR count). The van der Waals surface area contributed by atoms with Gasteiger partial charge < -0.3 is 15.8 Å². The maximum atomic E-state index is 12.2. The van der Waals surface area contributed by atoms with Crippen molar-refractivity contribution in [2.45, 2.75) is 38.5 Å². The fraction of sp³-hybridized carbons (Fsp3) is 0.259. The number of amides is 2. The minimum absolute atomic E-state index is 0.109. The number of carbonyl (C=O) groups excluding carboxylic acids is 2. The van der Waals surface area contributed by atoms with E-state index in [0.29, 0.717) is 30.7 Å². The van der Waals surface area contributed by atoms with Crippen LogP contribution in [0.2, 0.25) is 0 Å². The van der Waals surface area contributed by atoms with E-state index in [1.807, 2.05) is 30.3 Å². The molecule has 0 spiro atoms. The van der Waals surface area contributed by atoms with E-state index in [0.717, 1.165) is 30.6 Å². The van der Waals surface area contributed by atoms with E-state index in [4.69, 9.17) is 10.5 Å². The van der Waals surface area contributed by atoms with Crippen LogP contribution in [0.15, 0.2) is 78.9 Å². The van der Waals surface area contributed by atoms with Gasteiger partial charge in [-0.2, -0.15) is 0 Å². The zero-order chi connectivity index (χ0) is 22.6. The molecule has 0 unspecified atom stereocenters. The van der Waals surface area contributed by atoms with Gasteiger partial charge in [-0.05, 0) is 73.6 Å². The molecule has 0 atom stereocenters. The molecule has 0 fully saturated rings. The zero-order valence-corrected chi connectivity index (χ0v) is 18.3. The number of aryl methyl sites for hydroxylation is 2. The molecule has 166 valence electrons. The van der Waals surface area contributed by atoms with Crippen molar-refractivity contribution in [3.8, 4) is 5.75 Å². The Kier molecular flexibility index (Phi) is 8.87. The number of anilines is 1. The van der Waals surface area contributed by atoms with E-state index in [2.05, 4.69) is 29.6 Å². The molecule has 0 radical (unpaired) electrons. The number of benzene rings is 3. The third-order valence-electron chi connectivity index (χ3n) is 5.22. The molecule has 3 aromatic carbocycles. The molecule has 0 aliphatic rings. The summed E-state index contributed by atoms with van der Waals surface area (Å²) in [4.78, 5) is 23.4. The lowest BCUT2D eigenvalue weighted by Gasteiger charge is -2.08. The second-order valence-corrected chi connectivity index (χ2v) is 7.78. The lowest BCUT2D eigenvalue weighted by atomic mass is 10.1. The van der Waals surface area contributed by atoms with Crippen LogP contribution >= 0.6 is 0 Å². The highest BCUT2D eigenvalue weighted by atomic mass is 16.5. The van der Waals surface area contributed by atoms with Crippen LogP contribution in [-0.4, -0.2) is 18.4 Å². The van der Waals surface area contributed by atoms with Gasteiger partial charge in [0, 0.05) is 17.7 Å². The summed E-state index contributed by atoms with van der Waals surface area (Å²) in [5, 5.41) is 2.80. The smallest absolute Gasteiger partial charge is 0.248 e. The average molecular weight is 431 g/mol. The molecule has 2 amide bonds. The summed E-state index contributed by atoms with van der Waals surface area (Å²) in [6, 6.07) is 25.1. The van der Waals surface area contributed by atoms with Gasteiger partial charge in [-0.25, -0.2) is 0 Å². The second-order valence-electron chi connectivity index (χ2n) is 7.78. The Bertz CT molecular complexity index is 1000. The summed E-state index contributed by atoms with van der Waals surface area (Å²) in [5.74, 6) is 0.225. The monoisotopic (exact) mass is 430 g/mol. The van der Waals surface area contributed by atoms with E-state index in [1.165, 1.54) is 12.0 Å². The largest absolute Gasteiger partial charge is 0.494 e. The molecule has 0 bridgehead atoms. The first kappa shape index (κ1) is 23.1. The fourth-order valence-corrected chi connectivity index (χ4v) is 3.43. The summed E-state index contributed by atoms with van der Waals surface area (Å²) in [6.45, 7) is 0.709. The van der Waals surface area contributed by atoms with Crippen LogP contribution in [0, 0.1) is 0 Å². The molecule has 3 N–H and O–H groups in total. The average Bonchev–Trinajstić information content (AvgIpc) is 2.81. The number of hydrogen-bond donors (Lipinski definition) is 2. The number of nitrogens with two attached hydrogens (primary N) is 1. The first-order valence-corrected chi connectivity index (χ1v) is 11.1. The van der Waals surface area contributed by atoms with Crippen LogP contribution in [-0.2, 0) is 17.6 Å². The Hall–Kier alpha value is -3.60. The topological polar surface area (TPSA) is 81.4 Å². The van der Waals surface area contributed by atoms with Gasteiger partial charge in [0.2, 0.25) is 11.8 Å². The Morgan fingerprint density at radius 1 is 0.781 bits per heavy atom. The third-order valence-corrected chi connectivity index (χ3v) is 5.22. The summed E-state index contributed by atoms with van der Waals surface area (Å²) in [5.41, 5.74) is 8.67. The van der Waals surface area contributed by atoms with Crippen LogP contribution < -0.4 is 15.8 Å². The van der Waals surface area contributed by atoms with Crippen molar-refractivity contribution >= 4 is 17.5 Å². The fourth-order valence-electron chi connectivity index (χ4n) is 3.43. The Balaban J connectivity index is 1.32. The quantitative estimate of drug-likeness (QED) is 0.390. The van der Waals surface area contributed by atoms with Gasteiger partial charge in [-0.15, -0.1) is 0 Å². The van der Waals surface area contributed by atoms with E-state index in [-0.39, 0.29) is 5.91 Å². The number of carbonyl (C=O) groups is 2. The first-order valence-electron chi connectivity index (χ1n) is 11.1. The van der Waals surface area contributed by atoms with Crippen LogP contribution in [0.4, 0.5) is 5.69 Å². The van der Waals surface area contributed by atoms with Crippen LogP contribution in [0.3, 0.4) is 0 Å². The van der Waals surface area contributed by atoms with Gasteiger partial charge in [0.05, 0.1) is 6.61 Å². The van der Waals surface area contributed by atoms with Gasteiger partial charge in [0.25, 0.3) is 0 Å². The van der Waals surface area contributed by atoms with Gasteiger partial charge in [-0.1, -0.05) is 48.5 Å².